The van der Waals surface area contributed by atoms with Crippen LogP contribution in [0.3, 0.4) is 0 Å². The first kappa shape index (κ1) is 17.9. The Morgan fingerprint density at radius 1 is 1.38 bits per heavy atom. The van der Waals surface area contributed by atoms with Gasteiger partial charge in [0.1, 0.15) is 0 Å². The standard InChI is InChI=1S/C17H22N4O2S/c1-12(2)8-18-17(24)20-14-9-19-21(11-14)10-13-6-4-5-7-15(13)16(22)23-3/h4-7,9,11-12H,8,10H2,1-3H3,(H2,18,20,24). The zero-order valence-electron chi connectivity index (χ0n) is 14.1. The lowest BCUT2D eigenvalue weighted by Gasteiger charge is -2.10. The van der Waals surface area contributed by atoms with Crippen LogP contribution in [-0.4, -0.2) is 34.5 Å². The van der Waals surface area contributed by atoms with Crippen molar-refractivity contribution in [1.29, 1.82) is 0 Å². The van der Waals surface area contributed by atoms with Gasteiger partial charge in [0.2, 0.25) is 0 Å². The van der Waals surface area contributed by atoms with Gasteiger partial charge in [-0.2, -0.15) is 5.10 Å². The zero-order chi connectivity index (χ0) is 17.5. The van der Waals surface area contributed by atoms with Crippen molar-refractivity contribution < 1.29 is 9.53 Å². The number of nitrogens with zero attached hydrogens (tertiary/aromatic N) is 2. The molecule has 0 aliphatic rings. The molecular formula is C17H22N4O2S. The summed E-state index contributed by atoms with van der Waals surface area (Å²) >= 11 is 5.24. The van der Waals surface area contributed by atoms with Crippen LogP contribution in [0.2, 0.25) is 0 Å². The second kappa shape index (κ2) is 8.44. The first-order valence-corrected chi connectivity index (χ1v) is 8.14. The minimum atomic E-state index is -0.352. The van der Waals surface area contributed by atoms with Crippen molar-refractivity contribution in [3.63, 3.8) is 0 Å². The molecule has 7 heteroatoms. The molecular weight excluding hydrogens is 324 g/mol. The molecule has 6 nitrogen and oxygen atoms in total. The number of carbonyl (C=O) groups is 1. The summed E-state index contributed by atoms with van der Waals surface area (Å²) in [7, 11) is 1.38. The molecule has 1 aromatic carbocycles. The second-order valence-electron chi connectivity index (χ2n) is 5.80. The van der Waals surface area contributed by atoms with Crippen molar-refractivity contribution in [2.75, 3.05) is 19.0 Å². The first-order chi connectivity index (χ1) is 11.5. The normalized spacial score (nSPS) is 10.5. The van der Waals surface area contributed by atoms with Gasteiger partial charge in [-0.15, -0.1) is 0 Å². The third kappa shape index (κ3) is 5.06. The number of benzene rings is 1. The lowest BCUT2D eigenvalue weighted by atomic mass is 10.1. The molecule has 0 radical (unpaired) electrons. The molecule has 0 aliphatic carbocycles. The highest BCUT2D eigenvalue weighted by Gasteiger charge is 2.11. The molecule has 2 N–H and O–H groups in total. The van der Waals surface area contributed by atoms with Crippen LogP contribution in [0.15, 0.2) is 36.7 Å². The number of hydrogen-bond donors (Lipinski definition) is 2. The number of methoxy groups -OCH3 is 1. The lowest BCUT2D eigenvalue weighted by Crippen LogP contribution is -2.31. The quantitative estimate of drug-likeness (QED) is 0.619. The van der Waals surface area contributed by atoms with Crippen molar-refractivity contribution in [1.82, 2.24) is 15.1 Å². The summed E-state index contributed by atoms with van der Waals surface area (Å²) in [6.07, 6.45) is 3.54. The number of nitrogens with one attached hydrogen (secondary N) is 2. The van der Waals surface area contributed by atoms with Crippen LogP contribution in [0.1, 0.15) is 29.8 Å². The van der Waals surface area contributed by atoms with Crippen molar-refractivity contribution in [3.8, 4) is 0 Å². The van der Waals surface area contributed by atoms with Gasteiger partial charge in [-0.25, -0.2) is 4.79 Å². The van der Waals surface area contributed by atoms with Crippen molar-refractivity contribution in [3.05, 3.63) is 47.8 Å². The van der Waals surface area contributed by atoms with Gasteiger partial charge < -0.3 is 15.4 Å². The van der Waals surface area contributed by atoms with Crippen molar-refractivity contribution >= 4 is 29.0 Å². The molecule has 2 aromatic rings. The molecule has 128 valence electrons. The molecule has 2 rings (SSSR count). The van der Waals surface area contributed by atoms with E-state index in [1.54, 1.807) is 16.9 Å². The van der Waals surface area contributed by atoms with Gasteiger partial charge in [0.25, 0.3) is 0 Å². The fourth-order valence-corrected chi connectivity index (χ4v) is 2.33. The Balaban J connectivity index is 2.02. The first-order valence-electron chi connectivity index (χ1n) is 7.73. The maximum atomic E-state index is 11.8. The van der Waals surface area contributed by atoms with Crippen LogP contribution >= 0.6 is 12.2 Å². The molecule has 0 atom stereocenters. The third-order valence-electron chi connectivity index (χ3n) is 3.32. The number of ether oxygens (including phenoxy) is 1. The molecule has 0 amide bonds. The summed E-state index contributed by atoms with van der Waals surface area (Å²) in [6, 6.07) is 7.32. The van der Waals surface area contributed by atoms with Gasteiger partial charge in [0, 0.05) is 12.7 Å². The average Bonchev–Trinajstić information content (AvgIpc) is 2.99. The SMILES string of the molecule is COC(=O)c1ccccc1Cn1cc(NC(=S)NCC(C)C)cn1. The Labute approximate surface area is 147 Å². The summed E-state index contributed by atoms with van der Waals surface area (Å²) in [5.41, 5.74) is 2.19. The van der Waals surface area contributed by atoms with Crippen LogP contribution in [0.25, 0.3) is 0 Å². The number of hydrogen-bond acceptors (Lipinski definition) is 4. The minimum Gasteiger partial charge on any atom is -0.465 e. The summed E-state index contributed by atoms with van der Waals surface area (Å²) in [4.78, 5) is 11.8. The molecule has 0 fully saturated rings. The van der Waals surface area contributed by atoms with E-state index in [0.717, 1.165) is 17.8 Å². The van der Waals surface area contributed by atoms with Gasteiger partial charge in [0.15, 0.2) is 5.11 Å². The van der Waals surface area contributed by atoms with E-state index in [2.05, 4.69) is 29.6 Å². The predicted octanol–water partition coefficient (Wildman–Crippen LogP) is 2.66. The van der Waals surface area contributed by atoms with Gasteiger partial charge in [-0.3, -0.25) is 4.68 Å². The summed E-state index contributed by atoms with van der Waals surface area (Å²) < 4.78 is 6.56. The van der Waals surface area contributed by atoms with Crippen LogP contribution < -0.4 is 10.6 Å². The summed E-state index contributed by atoms with van der Waals surface area (Å²) in [5, 5.41) is 11.1. The number of anilines is 1. The Morgan fingerprint density at radius 3 is 2.83 bits per heavy atom. The zero-order valence-corrected chi connectivity index (χ0v) is 14.9. The van der Waals surface area contributed by atoms with E-state index in [1.807, 2.05) is 24.4 Å². The van der Waals surface area contributed by atoms with Crippen molar-refractivity contribution in [2.45, 2.75) is 20.4 Å². The Morgan fingerprint density at radius 2 is 2.12 bits per heavy atom. The second-order valence-corrected chi connectivity index (χ2v) is 6.21. The molecule has 1 aromatic heterocycles. The lowest BCUT2D eigenvalue weighted by molar-refractivity contribution is 0.0599. The number of carbonyl (C=O) groups excluding carboxylic acids is 1. The highest BCUT2D eigenvalue weighted by atomic mass is 32.1. The summed E-state index contributed by atoms with van der Waals surface area (Å²) in [5.74, 6) is 0.164. The van der Waals surface area contributed by atoms with E-state index in [4.69, 9.17) is 17.0 Å². The molecule has 1 heterocycles. The topological polar surface area (TPSA) is 68.2 Å². The predicted molar refractivity (Wildman–Crippen MR) is 98.2 cm³/mol. The number of aromatic nitrogens is 2. The van der Waals surface area contributed by atoms with Gasteiger partial charge in [-0.05, 0) is 29.8 Å². The van der Waals surface area contributed by atoms with Crippen LogP contribution in [0, 0.1) is 5.92 Å². The molecule has 0 spiro atoms. The molecule has 24 heavy (non-hydrogen) atoms. The van der Waals surface area contributed by atoms with Gasteiger partial charge in [-0.1, -0.05) is 32.0 Å². The fraction of sp³-hybridized carbons (Fsp3) is 0.353. The minimum absolute atomic E-state index is 0.352. The van der Waals surface area contributed by atoms with E-state index in [0.29, 0.717) is 23.1 Å². The Kier molecular flexibility index (Phi) is 6.31. The van der Waals surface area contributed by atoms with Gasteiger partial charge in [0.05, 0.1) is 31.1 Å². The smallest absolute Gasteiger partial charge is 0.338 e. The summed E-state index contributed by atoms with van der Waals surface area (Å²) in [6.45, 7) is 5.52. The van der Waals surface area contributed by atoms with Crippen molar-refractivity contribution in [2.24, 2.45) is 5.92 Å². The van der Waals surface area contributed by atoms with E-state index in [9.17, 15) is 4.79 Å². The van der Waals surface area contributed by atoms with E-state index >= 15 is 0 Å². The van der Waals surface area contributed by atoms with Crippen LogP contribution in [0.4, 0.5) is 5.69 Å². The maximum absolute atomic E-state index is 11.8. The molecule has 0 aliphatic heterocycles. The fourth-order valence-electron chi connectivity index (χ4n) is 2.13. The average molecular weight is 346 g/mol. The molecule has 0 unspecified atom stereocenters. The number of thiocarbonyl (C=S) groups is 1. The van der Waals surface area contributed by atoms with E-state index in [-0.39, 0.29) is 5.97 Å². The highest BCUT2D eigenvalue weighted by molar-refractivity contribution is 7.80. The Hall–Kier alpha value is -2.41. The van der Waals surface area contributed by atoms with Crippen LogP contribution in [-0.2, 0) is 11.3 Å². The highest BCUT2D eigenvalue weighted by Crippen LogP contribution is 2.13. The maximum Gasteiger partial charge on any atom is 0.338 e. The molecule has 0 bridgehead atoms. The molecule has 0 saturated carbocycles. The molecule has 0 saturated heterocycles. The van der Waals surface area contributed by atoms with Gasteiger partial charge >= 0.3 is 5.97 Å². The van der Waals surface area contributed by atoms with E-state index < -0.39 is 0 Å². The Bertz CT molecular complexity index is 712. The number of rotatable bonds is 6. The number of esters is 1. The monoisotopic (exact) mass is 346 g/mol. The largest absolute Gasteiger partial charge is 0.465 e. The third-order valence-corrected chi connectivity index (χ3v) is 3.56. The van der Waals surface area contributed by atoms with E-state index in [1.165, 1.54) is 7.11 Å². The van der Waals surface area contributed by atoms with Crippen LogP contribution in [0.5, 0.6) is 0 Å².